The summed E-state index contributed by atoms with van der Waals surface area (Å²) in [5, 5.41) is 4.19. The monoisotopic (exact) mass is 358 g/mol. The fraction of sp³-hybridized carbons (Fsp3) is 0.222. The molecule has 0 saturated carbocycles. The molecule has 0 aromatic heterocycles. The number of amides is 1. The Bertz CT molecular complexity index is 706. The third-order valence-corrected chi connectivity index (χ3v) is 4.08. The number of rotatable bonds is 4. The number of hydrogen-bond acceptors (Lipinski definition) is 2. The summed E-state index contributed by atoms with van der Waals surface area (Å²) in [6.07, 6.45) is 0.316. The van der Waals surface area contributed by atoms with Crippen LogP contribution in [-0.2, 0) is 11.2 Å². The Kier molecular flexibility index (Phi) is 5.50. The quantitative estimate of drug-likeness (QED) is 0.647. The van der Waals surface area contributed by atoms with Crippen LogP contribution >= 0.6 is 15.9 Å². The van der Waals surface area contributed by atoms with Crippen molar-refractivity contribution in [3.63, 3.8) is 0 Å². The molecule has 0 aliphatic rings. The van der Waals surface area contributed by atoms with Gasteiger partial charge >= 0.3 is 0 Å². The molecule has 0 spiro atoms. The van der Waals surface area contributed by atoms with Gasteiger partial charge in [0.2, 0.25) is 5.91 Å². The van der Waals surface area contributed by atoms with Crippen LogP contribution < -0.4 is 5.43 Å². The van der Waals surface area contributed by atoms with Crippen LogP contribution in [0.4, 0.5) is 0 Å². The third-order valence-electron chi connectivity index (χ3n) is 3.55. The van der Waals surface area contributed by atoms with E-state index in [-0.39, 0.29) is 5.91 Å². The Balaban J connectivity index is 1.99. The Morgan fingerprint density at radius 2 is 1.77 bits per heavy atom. The van der Waals surface area contributed by atoms with Crippen LogP contribution in [-0.4, -0.2) is 11.6 Å². The lowest BCUT2D eigenvalue weighted by molar-refractivity contribution is -0.120. The highest BCUT2D eigenvalue weighted by Gasteiger charge is 2.04. The summed E-state index contributed by atoms with van der Waals surface area (Å²) in [5.74, 6) is -0.120. The lowest BCUT2D eigenvalue weighted by Gasteiger charge is -2.06. The van der Waals surface area contributed by atoms with E-state index in [1.165, 1.54) is 11.1 Å². The van der Waals surface area contributed by atoms with Crippen LogP contribution in [0.2, 0.25) is 0 Å². The number of aryl methyl sites for hydroxylation is 2. The normalized spacial score (nSPS) is 11.4. The molecule has 0 atom stereocenters. The number of hydrogen-bond donors (Lipinski definition) is 1. The van der Waals surface area contributed by atoms with E-state index in [0.29, 0.717) is 6.42 Å². The maximum Gasteiger partial charge on any atom is 0.244 e. The maximum absolute atomic E-state index is 11.9. The van der Waals surface area contributed by atoms with Crippen molar-refractivity contribution >= 4 is 27.5 Å². The minimum Gasteiger partial charge on any atom is -0.273 e. The van der Waals surface area contributed by atoms with Crippen molar-refractivity contribution < 1.29 is 4.79 Å². The molecule has 2 aromatic carbocycles. The smallest absolute Gasteiger partial charge is 0.244 e. The third kappa shape index (κ3) is 4.53. The molecule has 0 bridgehead atoms. The summed E-state index contributed by atoms with van der Waals surface area (Å²) in [6, 6.07) is 13.8. The van der Waals surface area contributed by atoms with Crippen LogP contribution in [0.1, 0.15) is 29.2 Å². The second kappa shape index (κ2) is 7.36. The second-order valence-corrected chi connectivity index (χ2v) is 6.25. The molecule has 22 heavy (non-hydrogen) atoms. The molecule has 0 fully saturated rings. The van der Waals surface area contributed by atoms with Gasteiger partial charge in [0, 0.05) is 4.47 Å². The van der Waals surface area contributed by atoms with Gasteiger partial charge in [-0.05, 0) is 61.2 Å². The van der Waals surface area contributed by atoms with E-state index < -0.39 is 0 Å². The first-order valence-corrected chi connectivity index (χ1v) is 7.90. The molecular formula is C18H19BrN2O. The van der Waals surface area contributed by atoms with Gasteiger partial charge < -0.3 is 0 Å². The predicted octanol–water partition coefficient (Wildman–Crippen LogP) is 4.15. The van der Waals surface area contributed by atoms with E-state index in [1.54, 1.807) is 0 Å². The number of carbonyl (C=O) groups is 1. The SMILES string of the molecule is C/C(=N\NC(=O)Cc1ccc(Br)cc1)c1ccc(C)c(C)c1. The van der Waals surface area contributed by atoms with Crippen molar-refractivity contribution in [1.29, 1.82) is 0 Å². The maximum atomic E-state index is 11.9. The summed E-state index contributed by atoms with van der Waals surface area (Å²) in [5.41, 5.74) is 7.85. The Hall–Kier alpha value is -1.94. The minimum absolute atomic E-state index is 0.120. The van der Waals surface area contributed by atoms with Crippen LogP contribution in [0.3, 0.4) is 0 Å². The predicted molar refractivity (Wildman–Crippen MR) is 94.1 cm³/mol. The van der Waals surface area contributed by atoms with Crippen molar-refractivity contribution in [3.05, 3.63) is 69.2 Å². The van der Waals surface area contributed by atoms with Gasteiger partial charge in [0.1, 0.15) is 0 Å². The largest absolute Gasteiger partial charge is 0.273 e. The van der Waals surface area contributed by atoms with Gasteiger partial charge in [0.05, 0.1) is 12.1 Å². The molecule has 2 rings (SSSR count). The average molecular weight is 359 g/mol. The van der Waals surface area contributed by atoms with Gasteiger partial charge in [-0.1, -0.05) is 40.2 Å². The number of hydrazone groups is 1. The first-order chi connectivity index (χ1) is 10.5. The van der Waals surface area contributed by atoms with Gasteiger partial charge in [0.25, 0.3) is 0 Å². The lowest BCUT2D eigenvalue weighted by atomic mass is 10.0. The van der Waals surface area contributed by atoms with Gasteiger partial charge in [0.15, 0.2) is 0 Å². The highest BCUT2D eigenvalue weighted by molar-refractivity contribution is 9.10. The minimum atomic E-state index is -0.120. The number of carbonyl (C=O) groups excluding carboxylic acids is 1. The van der Waals surface area contributed by atoms with E-state index in [1.807, 2.05) is 37.3 Å². The van der Waals surface area contributed by atoms with Crippen LogP contribution in [0.5, 0.6) is 0 Å². The van der Waals surface area contributed by atoms with Crippen molar-refractivity contribution in [1.82, 2.24) is 5.43 Å². The molecule has 0 saturated heterocycles. The average Bonchev–Trinajstić information content (AvgIpc) is 2.50. The summed E-state index contributed by atoms with van der Waals surface area (Å²) in [4.78, 5) is 11.9. The van der Waals surface area contributed by atoms with E-state index in [0.717, 1.165) is 21.3 Å². The van der Waals surface area contributed by atoms with E-state index >= 15 is 0 Å². The summed E-state index contributed by atoms with van der Waals surface area (Å²) in [6.45, 7) is 6.04. The molecule has 114 valence electrons. The van der Waals surface area contributed by atoms with Crippen molar-refractivity contribution in [2.75, 3.05) is 0 Å². The fourth-order valence-corrected chi connectivity index (χ4v) is 2.27. The van der Waals surface area contributed by atoms with Gasteiger partial charge in [-0.25, -0.2) is 5.43 Å². The van der Waals surface area contributed by atoms with Crippen LogP contribution in [0.15, 0.2) is 52.0 Å². The van der Waals surface area contributed by atoms with E-state index in [2.05, 4.69) is 52.4 Å². The molecule has 0 heterocycles. The zero-order valence-corrected chi connectivity index (χ0v) is 14.6. The molecule has 3 nitrogen and oxygen atoms in total. The molecule has 2 aromatic rings. The van der Waals surface area contributed by atoms with Crippen LogP contribution in [0.25, 0.3) is 0 Å². The fourth-order valence-electron chi connectivity index (χ4n) is 2.00. The number of benzene rings is 2. The Morgan fingerprint density at radius 1 is 1.09 bits per heavy atom. The highest BCUT2D eigenvalue weighted by atomic mass is 79.9. The van der Waals surface area contributed by atoms with Gasteiger partial charge in [-0.3, -0.25) is 4.79 Å². The highest BCUT2D eigenvalue weighted by Crippen LogP contribution is 2.12. The molecule has 0 aliphatic carbocycles. The van der Waals surface area contributed by atoms with Crippen molar-refractivity contribution in [2.45, 2.75) is 27.2 Å². The molecule has 0 unspecified atom stereocenters. The molecule has 1 amide bonds. The van der Waals surface area contributed by atoms with Crippen molar-refractivity contribution in [2.24, 2.45) is 5.10 Å². The number of nitrogens with zero attached hydrogens (tertiary/aromatic N) is 1. The summed E-state index contributed by atoms with van der Waals surface area (Å²) in [7, 11) is 0. The standard InChI is InChI=1S/C18H19BrN2O/c1-12-4-7-16(10-13(12)2)14(3)20-21-18(22)11-15-5-8-17(19)9-6-15/h4-10H,11H2,1-3H3,(H,21,22)/b20-14+. The first-order valence-electron chi connectivity index (χ1n) is 7.11. The van der Waals surface area contributed by atoms with E-state index in [9.17, 15) is 4.79 Å². The Labute approximate surface area is 139 Å². The summed E-state index contributed by atoms with van der Waals surface area (Å²) >= 11 is 3.38. The molecule has 1 N–H and O–H groups in total. The number of halogens is 1. The summed E-state index contributed by atoms with van der Waals surface area (Å²) < 4.78 is 1.00. The molecule has 4 heteroatoms. The lowest BCUT2D eigenvalue weighted by Crippen LogP contribution is -2.21. The topological polar surface area (TPSA) is 41.5 Å². The molecular weight excluding hydrogens is 340 g/mol. The van der Waals surface area contributed by atoms with Crippen molar-refractivity contribution in [3.8, 4) is 0 Å². The van der Waals surface area contributed by atoms with E-state index in [4.69, 9.17) is 0 Å². The second-order valence-electron chi connectivity index (χ2n) is 5.33. The van der Waals surface area contributed by atoms with Gasteiger partial charge in [-0.15, -0.1) is 0 Å². The van der Waals surface area contributed by atoms with Crippen LogP contribution in [0, 0.1) is 13.8 Å². The Morgan fingerprint density at radius 3 is 2.41 bits per heavy atom. The zero-order chi connectivity index (χ0) is 16.1. The van der Waals surface area contributed by atoms with Gasteiger partial charge in [-0.2, -0.15) is 5.10 Å². The molecule has 0 aliphatic heterocycles. The molecule has 0 radical (unpaired) electrons. The first kappa shape index (κ1) is 16.4. The zero-order valence-electron chi connectivity index (χ0n) is 13.0. The number of nitrogens with one attached hydrogen (secondary N) is 1.